The van der Waals surface area contributed by atoms with Gasteiger partial charge in [-0.05, 0) is 5.41 Å². The number of aliphatic hydroxyl groups is 3. The Morgan fingerprint density at radius 1 is 0.392 bits per heavy atom. The predicted octanol–water partition coefficient (Wildman–Crippen LogP) is -2.75. The fraction of sp³-hybridized carbons (Fsp3) is 1.00. The van der Waals surface area contributed by atoms with E-state index in [0.29, 0.717) is 45.8 Å². The van der Waals surface area contributed by atoms with Gasteiger partial charge in [0.25, 0.3) is 0 Å². The maximum atomic E-state index is 9.61. The zero-order valence-electron chi connectivity index (χ0n) is 34.0. The van der Waals surface area contributed by atoms with E-state index in [4.69, 9.17) is 28.0 Å². The number of nitrogens with two attached hydrogens (primary N) is 4. The average molecular weight is 737 g/mol. The normalized spacial score (nSPS) is 12.4. The minimum Gasteiger partial charge on any atom is -0.395 e. The Hall–Kier alpha value is -0.600. The van der Waals surface area contributed by atoms with Crippen LogP contribution in [-0.2, 0) is 0 Å². The SMILES string of the molecule is CC(C)(C)CN(CCN)CCN(CCNCCO)CCN(CCN(CCN)CCO)CCN(CCN)CCN(CCN)CCNCCO.CCC. The van der Waals surface area contributed by atoms with E-state index in [2.05, 4.69) is 74.7 Å². The Kier molecular flexibility index (Phi) is 38.8. The number of aliphatic hydroxyl groups excluding tert-OH is 3. The number of nitrogens with zero attached hydrogens (tertiary/aromatic N) is 6. The Morgan fingerprint density at radius 2 is 0.667 bits per heavy atom. The van der Waals surface area contributed by atoms with E-state index in [0.717, 1.165) is 124 Å². The zero-order valence-corrected chi connectivity index (χ0v) is 34.0. The molecule has 0 saturated heterocycles. The van der Waals surface area contributed by atoms with Gasteiger partial charge < -0.3 is 53.8 Å². The van der Waals surface area contributed by atoms with E-state index in [1.807, 2.05) is 0 Å². The first-order chi connectivity index (χ1) is 24.6. The molecule has 0 aromatic heterocycles. The lowest BCUT2D eigenvalue weighted by molar-refractivity contribution is 0.130. The van der Waals surface area contributed by atoms with Crippen molar-refractivity contribution < 1.29 is 15.3 Å². The summed E-state index contributed by atoms with van der Waals surface area (Å²) < 4.78 is 0. The first kappa shape index (κ1) is 52.5. The van der Waals surface area contributed by atoms with Crippen LogP contribution in [0.1, 0.15) is 41.0 Å². The Balaban J connectivity index is 0. The van der Waals surface area contributed by atoms with Gasteiger partial charge in [-0.1, -0.05) is 41.0 Å². The third-order valence-corrected chi connectivity index (χ3v) is 8.34. The minimum absolute atomic E-state index is 0.127. The first-order valence-electron chi connectivity index (χ1n) is 20.0. The van der Waals surface area contributed by atoms with Crippen molar-refractivity contribution in [3.8, 4) is 0 Å². The molecule has 0 aromatic rings. The van der Waals surface area contributed by atoms with Crippen molar-refractivity contribution in [3.63, 3.8) is 0 Å². The lowest BCUT2D eigenvalue weighted by Gasteiger charge is -2.34. The highest BCUT2D eigenvalue weighted by molar-refractivity contribution is 4.75. The van der Waals surface area contributed by atoms with Crippen molar-refractivity contribution in [1.29, 1.82) is 0 Å². The largest absolute Gasteiger partial charge is 0.395 e. The van der Waals surface area contributed by atoms with Gasteiger partial charge in [0.2, 0.25) is 0 Å². The molecule has 0 aromatic carbocycles. The summed E-state index contributed by atoms with van der Waals surface area (Å²) in [6.07, 6.45) is 1.25. The summed E-state index contributed by atoms with van der Waals surface area (Å²) >= 11 is 0. The van der Waals surface area contributed by atoms with E-state index in [9.17, 15) is 10.2 Å². The second-order valence-corrected chi connectivity index (χ2v) is 14.6. The Morgan fingerprint density at radius 3 is 0.980 bits per heavy atom. The van der Waals surface area contributed by atoms with Gasteiger partial charge in [-0.15, -0.1) is 0 Å². The maximum Gasteiger partial charge on any atom is 0.0558 e. The van der Waals surface area contributed by atoms with Crippen LogP contribution in [-0.4, -0.2) is 235 Å². The molecule has 13 N–H and O–H groups in total. The van der Waals surface area contributed by atoms with E-state index in [-0.39, 0.29) is 25.2 Å². The average Bonchev–Trinajstić information content (AvgIpc) is 3.08. The summed E-state index contributed by atoms with van der Waals surface area (Å²) in [5, 5.41) is 34.6. The highest BCUT2D eigenvalue weighted by Crippen LogP contribution is 2.14. The molecule has 0 unspecified atom stereocenters. The Labute approximate surface area is 314 Å². The molecule has 15 nitrogen and oxygen atoms in total. The van der Waals surface area contributed by atoms with Crippen LogP contribution in [0, 0.1) is 5.41 Å². The zero-order chi connectivity index (χ0) is 38.6. The van der Waals surface area contributed by atoms with Gasteiger partial charge in [0.05, 0.1) is 19.8 Å². The van der Waals surface area contributed by atoms with Gasteiger partial charge in [-0.25, -0.2) is 0 Å². The van der Waals surface area contributed by atoms with Crippen molar-refractivity contribution in [3.05, 3.63) is 0 Å². The number of rotatable bonds is 36. The monoisotopic (exact) mass is 737 g/mol. The third-order valence-electron chi connectivity index (χ3n) is 8.34. The van der Waals surface area contributed by atoms with Crippen LogP contribution in [0.3, 0.4) is 0 Å². The van der Waals surface area contributed by atoms with Crippen molar-refractivity contribution in [2.24, 2.45) is 28.3 Å². The van der Waals surface area contributed by atoms with Gasteiger partial charge in [-0.3, -0.25) is 24.5 Å². The summed E-state index contributed by atoms with van der Waals surface area (Å²) in [7, 11) is 0. The smallest absolute Gasteiger partial charge is 0.0558 e. The molecule has 0 radical (unpaired) electrons. The standard InChI is InChI=1S/C33H80N12O3.C3H8/c1-33(2,3)32-45(15-7-37)27-26-43(17-9-39-11-30-47)22-25-44(24-21-42(14-6-36)28-31-48)23-20-41(13-5-35)19-18-40(12-4-34)16-8-38-10-29-46;1-3-2/h38-39,46-48H,4-32,34-37H2,1-3H3;3H2,1-2H3. The van der Waals surface area contributed by atoms with E-state index < -0.39 is 0 Å². The van der Waals surface area contributed by atoms with Crippen molar-refractivity contribution >= 4 is 0 Å². The fourth-order valence-corrected chi connectivity index (χ4v) is 5.79. The number of nitrogens with one attached hydrogen (secondary N) is 2. The van der Waals surface area contributed by atoms with Gasteiger partial charge >= 0.3 is 0 Å². The Bertz CT molecular complexity index is 690. The summed E-state index contributed by atoms with van der Waals surface area (Å²) in [5.74, 6) is 0. The molecule has 0 atom stereocenters. The third kappa shape index (κ3) is 34.9. The van der Waals surface area contributed by atoms with Gasteiger partial charge in [-0.2, -0.15) is 0 Å². The summed E-state index contributed by atoms with van der Waals surface area (Å²) in [6, 6.07) is 0. The lowest BCUT2D eigenvalue weighted by Crippen LogP contribution is -2.48. The van der Waals surface area contributed by atoms with Crippen LogP contribution in [0.15, 0.2) is 0 Å². The molecule has 0 saturated carbocycles. The van der Waals surface area contributed by atoms with Crippen molar-refractivity contribution in [1.82, 2.24) is 40.0 Å². The highest BCUT2D eigenvalue weighted by Gasteiger charge is 2.18. The van der Waals surface area contributed by atoms with Crippen LogP contribution in [0.2, 0.25) is 0 Å². The van der Waals surface area contributed by atoms with Crippen molar-refractivity contribution in [2.75, 3.05) is 190 Å². The highest BCUT2D eigenvalue weighted by atomic mass is 16.3. The van der Waals surface area contributed by atoms with Gasteiger partial charge in [0.15, 0.2) is 0 Å². The molecule has 0 aliphatic carbocycles. The predicted molar refractivity (Wildman–Crippen MR) is 217 cm³/mol. The van der Waals surface area contributed by atoms with Crippen LogP contribution < -0.4 is 33.6 Å². The topological polar surface area (TPSA) is 208 Å². The van der Waals surface area contributed by atoms with Gasteiger partial charge in [0, 0.05) is 170 Å². The molecule has 0 bridgehead atoms. The number of hydrogen-bond acceptors (Lipinski definition) is 15. The van der Waals surface area contributed by atoms with Crippen LogP contribution in [0.5, 0.6) is 0 Å². The molecular formula is C36H88N12O3. The fourth-order valence-electron chi connectivity index (χ4n) is 5.79. The van der Waals surface area contributed by atoms with E-state index in [1.165, 1.54) is 6.42 Å². The molecule has 0 spiro atoms. The molecule has 15 heteroatoms. The summed E-state index contributed by atoms with van der Waals surface area (Å²) in [5.41, 5.74) is 24.0. The second kappa shape index (κ2) is 37.7. The van der Waals surface area contributed by atoms with Crippen LogP contribution in [0.25, 0.3) is 0 Å². The quantitative estimate of drug-likeness (QED) is 0.0299. The first-order valence-corrected chi connectivity index (χ1v) is 20.0. The van der Waals surface area contributed by atoms with E-state index >= 15 is 0 Å². The molecule has 51 heavy (non-hydrogen) atoms. The molecular weight excluding hydrogens is 648 g/mol. The summed E-state index contributed by atoms with van der Waals surface area (Å²) in [6.45, 7) is 32.8. The summed E-state index contributed by atoms with van der Waals surface area (Å²) in [4.78, 5) is 14.6. The molecule has 0 heterocycles. The second-order valence-electron chi connectivity index (χ2n) is 14.6. The molecule has 310 valence electrons. The lowest BCUT2D eigenvalue weighted by atomic mass is 9.96. The molecule has 0 rings (SSSR count). The minimum atomic E-state index is 0.127. The van der Waals surface area contributed by atoms with E-state index in [1.54, 1.807) is 0 Å². The number of hydrogen-bond donors (Lipinski definition) is 9. The van der Waals surface area contributed by atoms with Crippen LogP contribution in [0.4, 0.5) is 0 Å². The van der Waals surface area contributed by atoms with Crippen molar-refractivity contribution in [2.45, 2.75) is 41.0 Å². The maximum absolute atomic E-state index is 9.61. The van der Waals surface area contributed by atoms with Crippen LogP contribution >= 0.6 is 0 Å². The van der Waals surface area contributed by atoms with Gasteiger partial charge in [0.1, 0.15) is 0 Å². The molecule has 0 aliphatic rings. The molecule has 0 fully saturated rings. The molecule has 0 aliphatic heterocycles. The molecule has 0 amide bonds.